The number of aromatic nitrogens is 2. The summed E-state index contributed by atoms with van der Waals surface area (Å²) in [5.74, 6) is 0. The third kappa shape index (κ3) is 2.16. The van der Waals surface area contributed by atoms with Gasteiger partial charge in [0.1, 0.15) is 11.7 Å². The zero-order chi connectivity index (χ0) is 17.0. The van der Waals surface area contributed by atoms with Crippen LogP contribution < -0.4 is 4.57 Å². The van der Waals surface area contributed by atoms with E-state index in [4.69, 9.17) is 0 Å². The highest BCUT2D eigenvalue weighted by Crippen LogP contribution is 2.40. The number of benzene rings is 2. The second kappa shape index (κ2) is 5.36. The van der Waals surface area contributed by atoms with Gasteiger partial charge in [0.2, 0.25) is 5.69 Å². The molecular weight excluding hydrogens is 324 g/mol. The van der Waals surface area contributed by atoms with Gasteiger partial charge in [-0.15, -0.1) is 11.3 Å². The van der Waals surface area contributed by atoms with Crippen molar-refractivity contribution in [3.8, 4) is 11.3 Å². The normalized spacial score (nSPS) is 11.6. The zero-order valence-corrected chi connectivity index (χ0v) is 15.0. The molecule has 0 unspecified atom stereocenters. The second-order valence-electron chi connectivity index (χ2n) is 6.51. The number of pyridine rings is 2. The predicted octanol–water partition coefficient (Wildman–Crippen LogP) is 5.40. The van der Waals surface area contributed by atoms with Crippen LogP contribution in [0.15, 0.2) is 67.1 Å². The molecule has 0 aliphatic heterocycles. The van der Waals surface area contributed by atoms with Crippen molar-refractivity contribution in [1.82, 2.24) is 4.98 Å². The van der Waals surface area contributed by atoms with Crippen LogP contribution in [0.3, 0.4) is 0 Å². The third-order valence-corrected chi connectivity index (χ3v) is 6.09. The van der Waals surface area contributed by atoms with E-state index < -0.39 is 0 Å². The maximum absolute atomic E-state index is 4.27. The fourth-order valence-electron chi connectivity index (χ4n) is 3.61. The average Bonchev–Trinajstić information content (AvgIpc) is 2.98. The van der Waals surface area contributed by atoms with Crippen LogP contribution in [0, 0.1) is 6.92 Å². The Morgan fingerprint density at radius 2 is 1.84 bits per heavy atom. The highest BCUT2D eigenvalue weighted by Gasteiger charge is 2.20. The molecule has 2 aromatic carbocycles. The summed E-state index contributed by atoms with van der Waals surface area (Å²) in [7, 11) is 2.13. The molecule has 0 spiro atoms. The lowest BCUT2D eigenvalue weighted by Gasteiger charge is -2.05. The molecular formula is C22H17N2S+. The lowest BCUT2D eigenvalue weighted by molar-refractivity contribution is -0.659. The van der Waals surface area contributed by atoms with Crippen molar-refractivity contribution in [2.24, 2.45) is 7.05 Å². The molecule has 0 aliphatic carbocycles. The van der Waals surface area contributed by atoms with Crippen molar-refractivity contribution in [3.63, 3.8) is 0 Å². The monoisotopic (exact) mass is 341 g/mol. The highest BCUT2D eigenvalue weighted by atomic mass is 32.1. The topological polar surface area (TPSA) is 16.8 Å². The first-order chi connectivity index (χ1) is 12.2. The number of nitrogens with zero attached hydrogens (tertiary/aromatic N) is 2. The van der Waals surface area contributed by atoms with Gasteiger partial charge in [0, 0.05) is 39.3 Å². The number of hydrogen-bond acceptors (Lipinski definition) is 2. The molecule has 2 nitrogen and oxygen atoms in total. The van der Waals surface area contributed by atoms with Gasteiger partial charge in [-0.25, -0.2) is 0 Å². The average molecular weight is 341 g/mol. The fourth-order valence-corrected chi connectivity index (χ4v) is 4.93. The van der Waals surface area contributed by atoms with Crippen LogP contribution in [-0.2, 0) is 7.05 Å². The maximum atomic E-state index is 4.27. The van der Waals surface area contributed by atoms with Crippen molar-refractivity contribution < 1.29 is 4.57 Å². The summed E-state index contributed by atoms with van der Waals surface area (Å²) in [4.78, 5) is 4.27. The van der Waals surface area contributed by atoms with Gasteiger partial charge < -0.3 is 0 Å². The van der Waals surface area contributed by atoms with Crippen LogP contribution in [0.1, 0.15) is 5.56 Å². The number of hydrogen-bond donors (Lipinski definition) is 0. The molecule has 5 rings (SSSR count). The van der Waals surface area contributed by atoms with Gasteiger partial charge in [-0.2, -0.15) is 4.57 Å². The Kier molecular flexibility index (Phi) is 3.12. The smallest absolute Gasteiger partial charge is 0.230 e. The van der Waals surface area contributed by atoms with Gasteiger partial charge >= 0.3 is 0 Å². The lowest BCUT2D eigenvalue weighted by Crippen LogP contribution is -2.30. The summed E-state index contributed by atoms with van der Waals surface area (Å²) in [6, 6.07) is 17.5. The molecule has 3 heteroatoms. The van der Waals surface area contributed by atoms with Gasteiger partial charge in [-0.3, -0.25) is 4.98 Å². The summed E-state index contributed by atoms with van der Waals surface area (Å²) in [5, 5.41) is 5.08. The molecule has 120 valence electrons. The largest absolute Gasteiger partial charge is 0.264 e. The molecule has 0 radical (unpaired) electrons. The Morgan fingerprint density at radius 1 is 0.960 bits per heavy atom. The summed E-state index contributed by atoms with van der Waals surface area (Å²) in [6.45, 7) is 2.18. The Labute approximate surface area is 150 Å². The van der Waals surface area contributed by atoms with Crippen molar-refractivity contribution in [2.45, 2.75) is 6.92 Å². The number of fused-ring (bicyclic) bond motifs is 4. The van der Waals surface area contributed by atoms with Crippen LogP contribution in [0.5, 0.6) is 0 Å². The quantitative estimate of drug-likeness (QED) is 0.373. The summed E-state index contributed by atoms with van der Waals surface area (Å²) in [6.07, 6.45) is 5.98. The first-order valence-corrected chi connectivity index (χ1v) is 9.18. The summed E-state index contributed by atoms with van der Waals surface area (Å²) in [5.41, 5.74) is 3.89. The SMILES string of the molecule is Cc1ccccc1-c1c2sc3cc4ccncc4cc3c2cc[n+]1C. The van der Waals surface area contributed by atoms with E-state index in [-0.39, 0.29) is 0 Å². The maximum Gasteiger partial charge on any atom is 0.230 e. The minimum Gasteiger partial charge on any atom is -0.264 e. The van der Waals surface area contributed by atoms with E-state index in [1.165, 1.54) is 47.8 Å². The molecule has 0 saturated carbocycles. The molecule has 0 bridgehead atoms. The van der Waals surface area contributed by atoms with E-state index in [0.717, 1.165) is 0 Å². The van der Waals surface area contributed by atoms with E-state index in [9.17, 15) is 0 Å². The molecule has 0 N–H and O–H groups in total. The van der Waals surface area contributed by atoms with Crippen molar-refractivity contribution >= 4 is 42.3 Å². The van der Waals surface area contributed by atoms with Crippen LogP contribution in [-0.4, -0.2) is 4.98 Å². The van der Waals surface area contributed by atoms with Gasteiger partial charge in [0.05, 0.1) is 5.56 Å². The molecule has 3 aromatic heterocycles. The highest BCUT2D eigenvalue weighted by molar-refractivity contribution is 7.26. The molecule has 0 aliphatic rings. The van der Waals surface area contributed by atoms with Crippen LogP contribution in [0.2, 0.25) is 0 Å². The van der Waals surface area contributed by atoms with Crippen LogP contribution >= 0.6 is 11.3 Å². The summed E-state index contributed by atoms with van der Waals surface area (Å²) >= 11 is 1.88. The first-order valence-electron chi connectivity index (χ1n) is 8.37. The Balaban J connectivity index is 1.94. The van der Waals surface area contributed by atoms with Crippen molar-refractivity contribution in [2.75, 3.05) is 0 Å². The minimum atomic E-state index is 1.19. The number of thiophene rings is 1. The molecule has 0 atom stereocenters. The Morgan fingerprint density at radius 3 is 2.72 bits per heavy atom. The summed E-state index contributed by atoms with van der Waals surface area (Å²) < 4.78 is 4.91. The number of rotatable bonds is 1. The van der Waals surface area contributed by atoms with E-state index in [1.54, 1.807) is 0 Å². The minimum absolute atomic E-state index is 1.19. The van der Waals surface area contributed by atoms with Crippen molar-refractivity contribution in [3.05, 3.63) is 72.7 Å². The predicted molar refractivity (Wildman–Crippen MR) is 106 cm³/mol. The lowest BCUT2D eigenvalue weighted by atomic mass is 10.0. The van der Waals surface area contributed by atoms with Crippen molar-refractivity contribution in [1.29, 1.82) is 0 Å². The molecule has 0 amide bonds. The van der Waals surface area contributed by atoms with E-state index in [2.05, 4.69) is 78.3 Å². The molecule has 25 heavy (non-hydrogen) atoms. The second-order valence-corrected chi connectivity index (χ2v) is 7.56. The van der Waals surface area contributed by atoms with E-state index >= 15 is 0 Å². The van der Waals surface area contributed by atoms with E-state index in [1.807, 2.05) is 23.7 Å². The standard InChI is InChI=1S/C22H17N2S/c1-14-5-3-4-6-17(14)21-22-18(8-10-24(21)2)19-11-16-13-23-9-7-15(16)12-20(19)25-22/h3-13H,1-2H3/q+1. The zero-order valence-electron chi connectivity index (χ0n) is 14.2. The molecule has 0 saturated heterocycles. The molecule has 3 heterocycles. The molecule has 5 aromatic rings. The Hall–Kier alpha value is -2.78. The van der Waals surface area contributed by atoms with Gasteiger partial charge in [0.25, 0.3) is 0 Å². The number of aryl methyl sites for hydroxylation is 2. The third-order valence-electron chi connectivity index (χ3n) is 4.92. The van der Waals surface area contributed by atoms with Gasteiger partial charge in [0.15, 0.2) is 6.20 Å². The first kappa shape index (κ1) is 14.6. The van der Waals surface area contributed by atoms with Crippen LogP contribution in [0.25, 0.3) is 42.2 Å². The molecule has 0 fully saturated rings. The van der Waals surface area contributed by atoms with Gasteiger partial charge in [-0.05, 0) is 42.1 Å². The van der Waals surface area contributed by atoms with Crippen LogP contribution in [0.4, 0.5) is 0 Å². The van der Waals surface area contributed by atoms with Gasteiger partial charge in [-0.1, -0.05) is 18.2 Å². The fraction of sp³-hybridized carbons (Fsp3) is 0.0909. The Bertz CT molecular complexity index is 1270. The van der Waals surface area contributed by atoms with E-state index in [0.29, 0.717) is 0 Å².